The van der Waals surface area contributed by atoms with Crippen molar-refractivity contribution < 1.29 is 9.84 Å². The third kappa shape index (κ3) is 4.07. The van der Waals surface area contributed by atoms with Crippen molar-refractivity contribution >= 4 is 0 Å². The smallest absolute Gasteiger partial charge is 0.0636 e. The Morgan fingerprint density at radius 2 is 1.92 bits per heavy atom. The lowest BCUT2D eigenvalue weighted by molar-refractivity contribution is -0.0431. The van der Waals surface area contributed by atoms with Gasteiger partial charge < -0.3 is 15.2 Å². The summed E-state index contributed by atoms with van der Waals surface area (Å²) in [5.74, 6) is 0. The summed E-state index contributed by atoms with van der Waals surface area (Å²) in [5.41, 5.74) is 0. The van der Waals surface area contributed by atoms with Crippen LogP contribution in [-0.2, 0) is 4.74 Å². The van der Waals surface area contributed by atoms with Crippen molar-refractivity contribution in [3.63, 3.8) is 0 Å². The Morgan fingerprint density at radius 3 is 2.38 bits per heavy atom. The molecule has 0 aromatic rings. The lowest BCUT2D eigenvalue weighted by Gasteiger charge is -2.32. The van der Waals surface area contributed by atoms with Gasteiger partial charge in [0.1, 0.15) is 0 Å². The number of hydrogen-bond acceptors (Lipinski definition) is 3. The predicted octanol–water partition coefficient (Wildman–Crippen LogP) is 0.913. The molecule has 0 bridgehead atoms. The number of aliphatic hydroxyl groups excluding tert-OH is 1. The molecular weight excluding hydrogens is 166 g/mol. The van der Waals surface area contributed by atoms with Gasteiger partial charge in [-0.2, -0.15) is 0 Å². The SMILES string of the molecule is CC1CC(NC[C@H](C)O)CC(C)O1. The molecule has 78 valence electrons. The molecule has 3 atom stereocenters. The van der Waals surface area contributed by atoms with Gasteiger partial charge in [-0.3, -0.25) is 0 Å². The van der Waals surface area contributed by atoms with E-state index in [0.29, 0.717) is 24.8 Å². The van der Waals surface area contributed by atoms with Gasteiger partial charge in [0, 0.05) is 12.6 Å². The normalized spacial score (nSPS) is 37.4. The minimum atomic E-state index is -0.256. The standard InChI is InChI=1S/C10H21NO2/c1-7(12)6-11-10-4-8(2)13-9(3)5-10/h7-12H,4-6H2,1-3H3/t7-,8?,9?,10?/m0/s1. The van der Waals surface area contributed by atoms with Crippen molar-refractivity contribution in [1.29, 1.82) is 0 Å². The highest BCUT2D eigenvalue weighted by Gasteiger charge is 2.23. The summed E-state index contributed by atoms with van der Waals surface area (Å²) in [4.78, 5) is 0. The molecule has 13 heavy (non-hydrogen) atoms. The third-order valence-electron chi connectivity index (χ3n) is 2.40. The first-order chi connectivity index (χ1) is 6.08. The molecule has 1 aliphatic heterocycles. The molecule has 0 aliphatic carbocycles. The van der Waals surface area contributed by atoms with Gasteiger partial charge in [-0.1, -0.05) is 0 Å². The quantitative estimate of drug-likeness (QED) is 0.690. The van der Waals surface area contributed by atoms with Crippen LogP contribution in [0.25, 0.3) is 0 Å². The molecule has 1 rings (SSSR count). The number of rotatable bonds is 3. The fraction of sp³-hybridized carbons (Fsp3) is 1.00. The van der Waals surface area contributed by atoms with E-state index >= 15 is 0 Å². The van der Waals surface area contributed by atoms with E-state index in [-0.39, 0.29) is 6.10 Å². The van der Waals surface area contributed by atoms with Crippen molar-refractivity contribution in [1.82, 2.24) is 5.32 Å². The van der Waals surface area contributed by atoms with Gasteiger partial charge in [-0.05, 0) is 33.6 Å². The highest BCUT2D eigenvalue weighted by atomic mass is 16.5. The second-order valence-electron chi connectivity index (χ2n) is 4.18. The lowest BCUT2D eigenvalue weighted by Crippen LogP contribution is -2.43. The molecule has 0 aromatic heterocycles. The first kappa shape index (κ1) is 11.0. The molecule has 2 N–H and O–H groups in total. The van der Waals surface area contributed by atoms with Gasteiger partial charge in [0.2, 0.25) is 0 Å². The maximum absolute atomic E-state index is 9.12. The average molecular weight is 187 g/mol. The fourth-order valence-corrected chi connectivity index (χ4v) is 1.91. The van der Waals surface area contributed by atoms with E-state index in [1.165, 1.54) is 0 Å². The summed E-state index contributed by atoms with van der Waals surface area (Å²) in [6.45, 7) is 6.70. The molecule has 0 spiro atoms. The summed E-state index contributed by atoms with van der Waals surface area (Å²) in [6.07, 6.45) is 2.53. The Kier molecular flexibility index (Phi) is 4.16. The molecule has 1 aliphatic rings. The minimum Gasteiger partial charge on any atom is -0.392 e. The van der Waals surface area contributed by atoms with Crippen molar-refractivity contribution in [2.24, 2.45) is 0 Å². The Hall–Kier alpha value is -0.120. The zero-order valence-corrected chi connectivity index (χ0v) is 8.79. The van der Waals surface area contributed by atoms with Crippen LogP contribution in [0.2, 0.25) is 0 Å². The zero-order valence-electron chi connectivity index (χ0n) is 8.79. The highest BCUT2D eigenvalue weighted by Crippen LogP contribution is 2.18. The first-order valence-corrected chi connectivity index (χ1v) is 5.15. The largest absolute Gasteiger partial charge is 0.392 e. The summed E-state index contributed by atoms with van der Waals surface area (Å²) in [6, 6.07) is 0.508. The lowest BCUT2D eigenvalue weighted by atomic mass is 10.00. The molecule has 2 unspecified atom stereocenters. The second-order valence-corrected chi connectivity index (χ2v) is 4.18. The number of nitrogens with one attached hydrogen (secondary N) is 1. The monoisotopic (exact) mass is 187 g/mol. The second kappa shape index (κ2) is 4.94. The molecule has 1 fully saturated rings. The van der Waals surface area contributed by atoms with Crippen LogP contribution < -0.4 is 5.32 Å². The van der Waals surface area contributed by atoms with Gasteiger partial charge >= 0.3 is 0 Å². The van der Waals surface area contributed by atoms with Crippen molar-refractivity contribution in [2.45, 2.75) is 58.0 Å². The van der Waals surface area contributed by atoms with Gasteiger partial charge in [0.05, 0.1) is 18.3 Å². The van der Waals surface area contributed by atoms with E-state index in [2.05, 4.69) is 19.2 Å². The summed E-state index contributed by atoms with van der Waals surface area (Å²) in [5, 5.41) is 12.5. The molecule has 0 radical (unpaired) electrons. The Labute approximate surface area is 80.5 Å². The van der Waals surface area contributed by atoms with Gasteiger partial charge in [-0.25, -0.2) is 0 Å². The van der Waals surface area contributed by atoms with Crippen molar-refractivity contribution in [3.05, 3.63) is 0 Å². The summed E-state index contributed by atoms with van der Waals surface area (Å²) in [7, 11) is 0. The van der Waals surface area contributed by atoms with E-state index in [4.69, 9.17) is 9.84 Å². The zero-order chi connectivity index (χ0) is 9.84. The fourth-order valence-electron chi connectivity index (χ4n) is 1.91. The molecule has 3 heteroatoms. The van der Waals surface area contributed by atoms with E-state index in [1.54, 1.807) is 6.92 Å². The van der Waals surface area contributed by atoms with E-state index in [0.717, 1.165) is 12.8 Å². The van der Waals surface area contributed by atoms with Crippen LogP contribution in [0.1, 0.15) is 33.6 Å². The maximum atomic E-state index is 9.12. The molecule has 0 amide bonds. The Balaban J connectivity index is 2.25. The number of hydrogen-bond donors (Lipinski definition) is 2. The van der Waals surface area contributed by atoms with Gasteiger partial charge in [0.15, 0.2) is 0 Å². The number of aliphatic hydroxyl groups is 1. The topological polar surface area (TPSA) is 41.5 Å². The molecule has 1 saturated heterocycles. The highest BCUT2D eigenvalue weighted by molar-refractivity contribution is 4.78. The van der Waals surface area contributed by atoms with E-state index in [1.807, 2.05) is 0 Å². The summed E-state index contributed by atoms with van der Waals surface area (Å²) >= 11 is 0. The van der Waals surface area contributed by atoms with E-state index in [9.17, 15) is 0 Å². The molecular formula is C10H21NO2. The molecule has 0 saturated carbocycles. The molecule has 3 nitrogen and oxygen atoms in total. The Bertz CT molecular complexity index is 140. The average Bonchev–Trinajstić information content (AvgIpc) is 1.99. The van der Waals surface area contributed by atoms with Crippen LogP contribution in [0.4, 0.5) is 0 Å². The van der Waals surface area contributed by atoms with Crippen LogP contribution in [0.3, 0.4) is 0 Å². The predicted molar refractivity (Wildman–Crippen MR) is 52.7 cm³/mol. The van der Waals surface area contributed by atoms with Crippen LogP contribution in [0, 0.1) is 0 Å². The minimum absolute atomic E-state index is 0.256. The van der Waals surface area contributed by atoms with Crippen LogP contribution in [-0.4, -0.2) is 36.0 Å². The van der Waals surface area contributed by atoms with Crippen molar-refractivity contribution in [3.8, 4) is 0 Å². The first-order valence-electron chi connectivity index (χ1n) is 5.15. The molecule has 0 aromatic carbocycles. The van der Waals surface area contributed by atoms with Crippen LogP contribution >= 0.6 is 0 Å². The van der Waals surface area contributed by atoms with Gasteiger partial charge in [0.25, 0.3) is 0 Å². The van der Waals surface area contributed by atoms with Gasteiger partial charge in [-0.15, -0.1) is 0 Å². The van der Waals surface area contributed by atoms with Crippen LogP contribution in [0.5, 0.6) is 0 Å². The third-order valence-corrected chi connectivity index (χ3v) is 2.40. The number of ether oxygens (including phenoxy) is 1. The van der Waals surface area contributed by atoms with E-state index < -0.39 is 0 Å². The van der Waals surface area contributed by atoms with Crippen LogP contribution in [0.15, 0.2) is 0 Å². The summed E-state index contributed by atoms with van der Waals surface area (Å²) < 4.78 is 5.62. The maximum Gasteiger partial charge on any atom is 0.0636 e. The molecule has 1 heterocycles. The Morgan fingerprint density at radius 1 is 1.38 bits per heavy atom. The van der Waals surface area contributed by atoms with Crippen molar-refractivity contribution in [2.75, 3.05) is 6.54 Å².